The van der Waals surface area contributed by atoms with E-state index in [9.17, 15) is 14.5 Å². The van der Waals surface area contributed by atoms with Gasteiger partial charge in [-0.25, -0.2) is 0 Å². The molecular weight excluding hydrogens is 271 g/mol. The maximum atomic E-state index is 13.6. The standard InChI is InChI=1S/C16H21FN2O2/c17-14-11-13(3-4-15(14)19(20)21)18-12-5-9-16(10-6-12)7-1-2-8-16/h3-4,11-12,18H,1-2,5-10H2. The molecule has 0 saturated heterocycles. The van der Waals surface area contributed by atoms with Gasteiger partial charge in [-0.1, -0.05) is 12.8 Å². The Labute approximate surface area is 123 Å². The monoisotopic (exact) mass is 292 g/mol. The van der Waals surface area contributed by atoms with Gasteiger partial charge >= 0.3 is 5.69 Å². The zero-order valence-electron chi connectivity index (χ0n) is 12.1. The zero-order chi connectivity index (χ0) is 14.9. The predicted molar refractivity (Wildman–Crippen MR) is 79.8 cm³/mol. The fourth-order valence-corrected chi connectivity index (χ4v) is 3.98. The van der Waals surface area contributed by atoms with Crippen molar-refractivity contribution in [2.45, 2.75) is 57.4 Å². The third-order valence-corrected chi connectivity index (χ3v) is 5.23. The Morgan fingerprint density at radius 1 is 1.19 bits per heavy atom. The highest BCUT2D eigenvalue weighted by atomic mass is 19.1. The molecule has 2 fully saturated rings. The van der Waals surface area contributed by atoms with Gasteiger partial charge in [0.1, 0.15) is 0 Å². The molecule has 0 bridgehead atoms. The molecule has 21 heavy (non-hydrogen) atoms. The minimum absolute atomic E-state index is 0.358. The lowest BCUT2D eigenvalue weighted by molar-refractivity contribution is -0.387. The summed E-state index contributed by atoms with van der Waals surface area (Å²) in [5, 5.41) is 13.9. The van der Waals surface area contributed by atoms with E-state index < -0.39 is 16.4 Å². The van der Waals surface area contributed by atoms with E-state index in [1.165, 1.54) is 50.7 Å². The van der Waals surface area contributed by atoms with Gasteiger partial charge in [0.2, 0.25) is 5.82 Å². The molecule has 1 N–H and O–H groups in total. The van der Waals surface area contributed by atoms with Crippen LogP contribution < -0.4 is 5.32 Å². The first-order chi connectivity index (χ1) is 10.1. The molecular formula is C16H21FN2O2. The van der Waals surface area contributed by atoms with Gasteiger partial charge in [0.15, 0.2) is 0 Å². The maximum absolute atomic E-state index is 13.6. The second-order valence-electron chi connectivity index (χ2n) is 6.55. The van der Waals surface area contributed by atoms with Crippen molar-refractivity contribution in [3.63, 3.8) is 0 Å². The number of nitro benzene ring substituents is 1. The number of benzene rings is 1. The molecule has 0 unspecified atom stereocenters. The molecule has 0 heterocycles. The van der Waals surface area contributed by atoms with Gasteiger partial charge in [0, 0.05) is 23.9 Å². The predicted octanol–water partition coefficient (Wildman–Crippen LogP) is 4.65. The van der Waals surface area contributed by atoms with Crippen molar-refractivity contribution >= 4 is 11.4 Å². The average molecular weight is 292 g/mol. The van der Waals surface area contributed by atoms with Crippen LogP contribution >= 0.6 is 0 Å². The van der Waals surface area contributed by atoms with Crippen LogP contribution in [0, 0.1) is 21.3 Å². The number of nitrogens with zero attached hydrogens (tertiary/aromatic N) is 1. The quantitative estimate of drug-likeness (QED) is 0.651. The van der Waals surface area contributed by atoms with Crippen LogP contribution in [0.5, 0.6) is 0 Å². The minimum atomic E-state index is -0.770. The summed E-state index contributed by atoms with van der Waals surface area (Å²) in [6.45, 7) is 0. The Hall–Kier alpha value is -1.65. The second-order valence-corrected chi connectivity index (χ2v) is 6.55. The number of hydrogen-bond donors (Lipinski definition) is 1. The second kappa shape index (κ2) is 5.62. The van der Waals surface area contributed by atoms with E-state index in [0.29, 0.717) is 17.1 Å². The van der Waals surface area contributed by atoms with Crippen LogP contribution in [0.1, 0.15) is 51.4 Å². The molecule has 0 radical (unpaired) electrons. The summed E-state index contributed by atoms with van der Waals surface area (Å²) in [5.41, 5.74) is 0.762. The SMILES string of the molecule is O=[N+]([O-])c1ccc(NC2CCC3(CCCC3)CC2)cc1F. The summed E-state index contributed by atoms with van der Waals surface area (Å²) in [6.07, 6.45) is 10.2. The van der Waals surface area contributed by atoms with Crippen LogP contribution in [0.15, 0.2) is 18.2 Å². The highest BCUT2D eigenvalue weighted by Gasteiger charge is 2.37. The lowest BCUT2D eigenvalue weighted by Crippen LogP contribution is -2.31. The first kappa shape index (κ1) is 14.3. The van der Waals surface area contributed by atoms with Crippen molar-refractivity contribution in [1.82, 2.24) is 0 Å². The van der Waals surface area contributed by atoms with Crippen LogP contribution in [0.25, 0.3) is 0 Å². The largest absolute Gasteiger partial charge is 0.382 e. The molecule has 114 valence electrons. The first-order valence-electron chi connectivity index (χ1n) is 7.79. The molecule has 5 heteroatoms. The zero-order valence-corrected chi connectivity index (χ0v) is 12.1. The number of halogens is 1. The van der Waals surface area contributed by atoms with E-state index in [1.54, 1.807) is 6.07 Å². The normalized spacial score (nSPS) is 21.6. The molecule has 1 aromatic rings. The van der Waals surface area contributed by atoms with Crippen molar-refractivity contribution in [3.8, 4) is 0 Å². The lowest BCUT2D eigenvalue weighted by atomic mass is 9.71. The molecule has 4 nitrogen and oxygen atoms in total. The summed E-state index contributed by atoms with van der Waals surface area (Å²) in [5.74, 6) is -0.770. The molecule has 1 spiro atoms. The molecule has 0 atom stereocenters. The van der Waals surface area contributed by atoms with Crippen LogP contribution in [0.3, 0.4) is 0 Å². The molecule has 0 amide bonds. The third-order valence-electron chi connectivity index (χ3n) is 5.23. The number of nitro groups is 1. The Morgan fingerprint density at radius 2 is 1.86 bits per heavy atom. The van der Waals surface area contributed by atoms with Gasteiger partial charge in [-0.15, -0.1) is 0 Å². The van der Waals surface area contributed by atoms with E-state index in [1.807, 2.05) is 0 Å². The van der Waals surface area contributed by atoms with Crippen molar-refractivity contribution < 1.29 is 9.31 Å². The Morgan fingerprint density at radius 3 is 2.43 bits per heavy atom. The smallest absolute Gasteiger partial charge is 0.304 e. The summed E-state index contributed by atoms with van der Waals surface area (Å²) in [6, 6.07) is 4.43. The van der Waals surface area contributed by atoms with Crippen LogP contribution in [0.2, 0.25) is 0 Å². The lowest BCUT2D eigenvalue weighted by Gasteiger charge is -2.37. The van der Waals surface area contributed by atoms with Gasteiger partial charge in [-0.2, -0.15) is 4.39 Å². The fraction of sp³-hybridized carbons (Fsp3) is 0.625. The number of nitrogens with one attached hydrogen (secondary N) is 1. The van der Waals surface area contributed by atoms with E-state index in [-0.39, 0.29) is 0 Å². The topological polar surface area (TPSA) is 55.2 Å². The van der Waals surface area contributed by atoms with Crippen LogP contribution in [0.4, 0.5) is 15.8 Å². The van der Waals surface area contributed by atoms with Gasteiger partial charge in [0.25, 0.3) is 0 Å². The fourth-order valence-electron chi connectivity index (χ4n) is 3.98. The Bertz CT molecular complexity index is 531. The molecule has 2 aliphatic carbocycles. The summed E-state index contributed by atoms with van der Waals surface area (Å²) in [7, 11) is 0. The molecule has 0 aromatic heterocycles. The van der Waals surface area contributed by atoms with E-state index in [4.69, 9.17) is 0 Å². The van der Waals surface area contributed by atoms with Crippen molar-refractivity contribution in [2.75, 3.05) is 5.32 Å². The molecule has 2 aliphatic rings. The third kappa shape index (κ3) is 3.01. The molecule has 0 aliphatic heterocycles. The number of anilines is 1. The Balaban J connectivity index is 1.60. The number of rotatable bonds is 3. The minimum Gasteiger partial charge on any atom is -0.382 e. The van der Waals surface area contributed by atoms with Gasteiger partial charge in [0.05, 0.1) is 4.92 Å². The van der Waals surface area contributed by atoms with E-state index in [2.05, 4.69) is 5.32 Å². The molecule has 2 saturated carbocycles. The molecule has 1 aromatic carbocycles. The average Bonchev–Trinajstić information content (AvgIpc) is 2.90. The van der Waals surface area contributed by atoms with Crippen LogP contribution in [-0.2, 0) is 0 Å². The van der Waals surface area contributed by atoms with Gasteiger partial charge < -0.3 is 5.32 Å². The van der Waals surface area contributed by atoms with E-state index in [0.717, 1.165) is 12.8 Å². The van der Waals surface area contributed by atoms with Crippen molar-refractivity contribution in [3.05, 3.63) is 34.1 Å². The summed E-state index contributed by atoms with van der Waals surface area (Å²) >= 11 is 0. The van der Waals surface area contributed by atoms with Crippen molar-refractivity contribution in [2.24, 2.45) is 5.41 Å². The maximum Gasteiger partial charge on any atom is 0.304 e. The van der Waals surface area contributed by atoms with Gasteiger partial charge in [-0.3, -0.25) is 10.1 Å². The molecule has 3 rings (SSSR count). The van der Waals surface area contributed by atoms with Crippen LogP contribution in [-0.4, -0.2) is 11.0 Å². The first-order valence-corrected chi connectivity index (χ1v) is 7.79. The highest BCUT2D eigenvalue weighted by molar-refractivity contribution is 5.50. The Kier molecular flexibility index (Phi) is 3.83. The van der Waals surface area contributed by atoms with Crippen molar-refractivity contribution in [1.29, 1.82) is 0 Å². The highest BCUT2D eigenvalue weighted by Crippen LogP contribution is 2.49. The number of hydrogen-bond acceptors (Lipinski definition) is 3. The van der Waals surface area contributed by atoms with E-state index >= 15 is 0 Å². The summed E-state index contributed by atoms with van der Waals surface area (Å²) < 4.78 is 13.6. The van der Waals surface area contributed by atoms with Gasteiger partial charge in [-0.05, 0) is 50.0 Å². The summed E-state index contributed by atoms with van der Waals surface area (Å²) in [4.78, 5) is 9.92.